The van der Waals surface area contributed by atoms with E-state index in [2.05, 4.69) is 5.32 Å². The molecule has 0 unspecified atom stereocenters. The van der Waals surface area contributed by atoms with Gasteiger partial charge in [0.1, 0.15) is 11.8 Å². The summed E-state index contributed by atoms with van der Waals surface area (Å²) < 4.78 is 31.5. The monoisotopic (exact) mass is 410 g/mol. The number of carbonyl (C=O) groups is 1. The van der Waals surface area contributed by atoms with Gasteiger partial charge in [-0.3, -0.25) is 9.10 Å². The predicted octanol–water partition coefficient (Wildman–Crippen LogP) is 3.92. The number of carbonyl (C=O) groups excluding carboxylic acids is 1. The number of sulfonamides is 1. The summed E-state index contributed by atoms with van der Waals surface area (Å²) in [6, 6.07) is 12.5. The number of hydrogen-bond acceptors (Lipinski definition) is 4. The second-order valence-electron chi connectivity index (χ2n) is 5.88. The molecule has 0 aliphatic heterocycles. The lowest BCUT2D eigenvalue weighted by Crippen LogP contribution is -2.47. The van der Waals surface area contributed by atoms with Crippen LogP contribution in [0.15, 0.2) is 48.5 Å². The Balaban J connectivity index is 2.38. The van der Waals surface area contributed by atoms with Crippen LogP contribution >= 0.6 is 11.6 Å². The van der Waals surface area contributed by atoms with Crippen LogP contribution in [-0.2, 0) is 14.8 Å². The van der Waals surface area contributed by atoms with Crippen LogP contribution in [-0.4, -0.2) is 33.2 Å². The van der Waals surface area contributed by atoms with E-state index in [0.717, 1.165) is 10.6 Å². The van der Waals surface area contributed by atoms with Gasteiger partial charge in [0.2, 0.25) is 15.9 Å². The van der Waals surface area contributed by atoms with Crippen LogP contribution in [0.4, 0.5) is 11.4 Å². The standard InChI is InChI=1S/C19H23ClN2O4S/c1-4-17(19(23)21-16-11-6-7-12-18(16)26-5-2)22(27(3,24)25)15-10-8-9-14(20)13-15/h6-13,17H,4-5H2,1-3H3,(H,21,23)/t17-/m1/s1. The Morgan fingerprint density at radius 3 is 2.48 bits per heavy atom. The Labute approximate surface area is 165 Å². The molecule has 27 heavy (non-hydrogen) atoms. The van der Waals surface area contributed by atoms with Crippen molar-refractivity contribution >= 4 is 38.9 Å². The zero-order chi connectivity index (χ0) is 20.0. The molecule has 0 bridgehead atoms. The zero-order valence-electron chi connectivity index (χ0n) is 15.5. The molecule has 0 aromatic heterocycles. The number of nitrogens with one attached hydrogen (secondary N) is 1. The Kier molecular flexibility index (Phi) is 7.10. The average Bonchev–Trinajstić information content (AvgIpc) is 2.60. The molecule has 2 rings (SSSR count). The lowest BCUT2D eigenvalue weighted by Gasteiger charge is -2.30. The molecule has 0 fully saturated rings. The van der Waals surface area contributed by atoms with Gasteiger partial charge in [-0.1, -0.05) is 36.7 Å². The molecule has 1 amide bonds. The minimum absolute atomic E-state index is 0.280. The van der Waals surface area contributed by atoms with E-state index in [1.54, 1.807) is 49.4 Å². The average molecular weight is 411 g/mol. The molecule has 1 N–H and O–H groups in total. The lowest BCUT2D eigenvalue weighted by atomic mass is 10.1. The minimum Gasteiger partial charge on any atom is -0.492 e. The highest BCUT2D eigenvalue weighted by Gasteiger charge is 2.32. The molecule has 0 aliphatic carbocycles. The van der Waals surface area contributed by atoms with Crippen molar-refractivity contribution in [3.63, 3.8) is 0 Å². The maximum absolute atomic E-state index is 12.9. The van der Waals surface area contributed by atoms with Crippen molar-refractivity contribution in [2.75, 3.05) is 22.5 Å². The van der Waals surface area contributed by atoms with E-state index >= 15 is 0 Å². The summed E-state index contributed by atoms with van der Waals surface area (Å²) in [7, 11) is -3.72. The fourth-order valence-electron chi connectivity index (χ4n) is 2.74. The highest BCUT2D eigenvalue weighted by molar-refractivity contribution is 7.92. The molecule has 0 spiro atoms. The van der Waals surface area contributed by atoms with Gasteiger partial charge in [0.05, 0.1) is 24.2 Å². The summed E-state index contributed by atoms with van der Waals surface area (Å²) in [6.07, 6.45) is 1.35. The summed E-state index contributed by atoms with van der Waals surface area (Å²) in [4.78, 5) is 12.9. The van der Waals surface area contributed by atoms with Gasteiger partial charge in [-0.15, -0.1) is 0 Å². The van der Waals surface area contributed by atoms with Crippen molar-refractivity contribution in [3.05, 3.63) is 53.6 Å². The van der Waals surface area contributed by atoms with Crippen molar-refractivity contribution in [1.29, 1.82) is 0 Å². The Morgan fingerprint density at radius 2 is 1.89 bits per heavy atom. The molecule has 2 aromatic rings. The normalized spacial score (nSPS) is 12.3. The Bertz CT molecular complexity index is 902. The van der Waals surface area contributed by atoms with Crippen LogP contribution in [0.5, 0.6) is 5.75 Å². The number of para-hydroxylation sites is 2. The topological polar surface area (TPSA) is 75.7 Å². The number of nitrogens with zero attached hydrogens (tertiary/aromatic N) is 1. The molecule has 0 aliphatic rings. The third-order valence-corrected chi connectivity index (χ3v) is 5.25. The van der Waals surface area contributed by atoms with Crippen LogP contribution < -0.4 is 14.4 Å². The summed E-state index contributed by atoms with van der Waals surface area (Å²) in [5, 5.41) is 3.17. The van der Waals surface area contributed by atoms with Crippen molar-refractivity contribution in [3.8, 4) is 5.75 Å². The van der Waals surface area contributed by atoms with E-state index in [9.17, 15) is 13.2 Å². The highest BCUT2D eigenvalue weighted by atomic mass is 35.5. The lowest BCUT2D eigenvalue weighted by molar-refractivity contribution is -0.117. The number of halogens is 1. The van der Waals surface area contributed by atoms with Gasteiger partial charge in [-0.25, -0.2) is 8.42 Å². The van der Waals surface area contributed by atoms with Crippen molar-refractivity contribution < 1.29 is 17.9 Å². The highest BCUT2D eigenvalue weighted by Crippen LogP contribution is 2.28. The second-order valence-corrected chi connectivity index (χ2v) is 8.18. The Hall–Kier alpha value is -2.25. The van der Waals surface area contributed by atoms with Gasteiger partial charge in [0.25, 0.3) is 0 Å². The molecule has 0 radical (unpaired) electrons. The van der Waals surface area contributed by atoms with Crippen molar-refractivity contribution in [2.45, 2.75) is 26.3 Å². The van der Waals surface area contributed by atoms with Gasteiger partial charge < -0.3 is 10.1 Å². The Morgan fingerprint density at radius 1 is 1.19 bits per heavy atom. The fraction of sp³-hybridized carbons (Fsp3) is 0.316. The number of amides is 1. The predicted molar refractivity (Wildman–Crippen MR) is 109 cm³/mol. The maximum Gasteiger partial charge on any atom is 0.248 e. The molecule has 6 nitrogen and oxygen atoms in total. The van der Waals surface area contributed by atoms with Crippen LogP contribution in [0.1, 0.15) is 20.3 Å². The first-order valence-corrected chi connectivity index (χ1v) is 10.8. The zero-order valence-corrected chi connectivity index (χ0v) is 17.0. The van der Waals surface area contributed by atoms with Crippen molar-refractivity contribution in [2.24, 2.45) is 0 Å². The van der Waals surface area contributed by atoms with Crippen molar-refractivity contribution in [1.82, 2.24) is 0 Å². The summed E-state index contributed by atoms with van der Waals surface area (Å²) in [5.74, 6) is 0.0758. The van der Waals surface area contributed by atoms with Crippen LogP contribution in [0.2, 0.25) is 5.02 Å². The maximum atomic E-state index is 12.9. The molecule has 8 heteroatoms. The summed E-state index contributed by atoms with van der Waals surface area (Å²) >= 11 is 6.01. The number of benzene rings is 2. The number of rotatable bonds is 8. The third kappa shape index (κ3) is 5.37. The van der Waals surface area contributed by atoms with Gasteiger partial charge in [0.15, 0.2) is 0 Å². The first kappa shape index (κ1) is 21.1. The molecule has 146 valence electrons. The van der Waals surface area contributed by atoms with E-state index < -0.39 is 22.0 Å². The summed E-state index contributed by atoms with van der Waals surface area (Å²) in [5.41, 5.74) is 0.826. The molecular formula is C19H23ClN2O4S. The molecule has 0 saturated carbocycles. The largest absolute Gasteiger partial charge is 0.492 e. The SMILES string of the molecule is CCOc1ccccc1NC(=O)[C@@H](CC)N(c1cccc(Cl)c1)S(C)(=O)=O. The summed E-state index contributed by atoms with van der Waals surface area (Å²) in [6.45, 7) is 4.04. The quantitative estimate of drug-likeness (QED) is 0.715. The van der Waals surface area contributed by atoms with Crippen LogP contribution in [0, 0.1) is 0 Å². The number of anilines is 2. The van der Waals surface area contributed by atoms with Gasteiger partial charge in [-0.2, -0.15) is 0 Å². The van der Waals surface area contributed by atoms with Crippen LogP contribution in [0.3, 0.4) is 0 Å². The van der Waals surface area contributed by atoms with E-state index in [1.807, 2.05) is 6.92 Å². The molecule has 0 saturated heterocycles. The first-order valence-electron chi connectivity index (χ1n) is 8.55. The van der Waals surface area contributed by atoms with E-state index in [1.165, 1.54) is 6.07 Å². The van der Waals surface area contributed by atoms with E-state index in [4.69, 9.17) is 16.3 Å². The molecule has 1 atom stereocenters. The van der Waals surface area contributed by atoms with Gasteiger partial charge in [0, 0.05) is 5.02 Å². The molecule has 0 heterocycles. The first-order chi connectivity index (χ1) is 12.8. The number of ether oxygens (including phenoxy) is 1. The molecular weight excluding hydrogens is 388 g/mol. The number of hydrogen-bond donors (Lipinski definition) is 1. The van der Waals surface area contributed by atoms with E-state index in [0.29, 0.717) is 28.8 Å². The fourth-order valence-corrected chi connectivity index (χ4v) is 4.13. The second kappa shape index (κ2) is 9.10. The van der Waals surface area contributed by atoms with E-state index in [-0.39, 0.29) is 6.42 Å². The third-order valence-electron chi connectivity index (χ3n) is 3.84. The smallest absolute Gasteiger partial charge is 0.248 e. The molecule has 2 aromatic carbocycles. The van der Waals surface area contributed by atoms with Gasteiger partial charge >= 0.3 is 0 Å². The van der Waals surface area contributed by atoms with Gasteiger partial charge in [-0.05, 0) is 43.7 Å². The van der Waals surface area contributed by atoms with Crippen LogP contribution in [0.25, 0.3) is 0 Å². The minimum atomic E-state index is -3.72.